The zero-order valence-corrected chi connectivity index (χ0v) is 12.5. The molecule has 1 atom stereocenters. The summed E-state index contributed by atoms with van der Waals surface area (Å²) in [5.41, 5.74) is 2.04. The summed E-state index contributed by atoms with van der Waals surface area (Å²) in [6, 6.07) is 6.36. The van der Waals surface area contributed by atoms with Crippen LogP contribution in [0.2, 0.25) is 0 Å². The minimum absolute atomic E-state index is 0.569. The van der Waals surface area contributed by atoms with Gasteiger partial charge in [0.1, 0.15) is 5.52 Å². The highest BCUT2D eigenvalue weighted by molar-refractivity contribution is 7.09. The summed E-state index contributed by atoms with van der Waals surface area (Å²) in [4.78, 5) is 5.86. The lowest BCUT2D eigenvalue weighted by atomic mass is 10.1. The van der Waals surface area contributed by atoms with Gasteiger partial charge in [-0.1, -0.05) is 13.0 Å². The fourth-order valence-electron chi connectivity index (χ4n) is 2.30. The van der Waals surface area contributed by atoms with Crippen LogP contribution in [0.15, 0.2) is 36.0 Å². The Hall–Kier alpha value is -1.88. The molecular weight excluding hydrogens is 268 g/mol. The van der Waals surface area contributed by atoms with Gasteiger partial charge in [0.2, 0.25) is 0 Å². The molecule has 3 aromatic heterocycles. The van der Waals surface area contributed by atoms with E-state index in [9.17, 15) is 0 Å². The molecule has 1 N–H and O–H groups in total. The fourth-order valence-corrected chi connectivity index (χ4v) is 3.17. The average Bonchev–Trinajstić information content (AvgIpc) is 3.04. The maximum absolute atomic E-state index is 4.42. The van der Waals surface area contributed by atoms with E-state index in [1.807, 2.05) is 29.0 Å². The molecule has 0 radical (unpaired) electrons. The largest absolute Gasteiger partial charge is 0.368 e. The third-order valence-corrected chi connectivity index (χ3v) is 4.16. The molecule has 0 aliphatic carbocycles. The second-order valence-corrected chi connectivity index (χ2v) is 6.19. The fraction of sp³-hybridized carbons (Fsp3) is 0.333. The molecule has 20 heavy (non-hydrogen) atoms. The van der Waals surface area contributed by atoms with E-state index in [0.717, 1.165) is 30.0 Å². The van der Waals surface area contributed by atoms with Crippen LogP contribution < -0.4 is 5.32 Å². The van der Waals surface area contributed by atoms with Crippen LogP contribution >= 0.6 is 11.3 Å². The van der Waals surface area contributed by atoms with Crippen molar-refractivity contribution in [1.82, 2.24) is 14.6 Å². The first kappa shape index (κ1) is 13.1. The van der Waals surface area contributed by atoms with Crippen LogP contribution in [-0.2, 0) is 6.42 Å². The summed E-state index contributed by atoms with van der Waals surface area (Å²) in [5, 5.41) is 9.98. The number of nitrogens with one attached hydrogen (secondary N) is 1. The first-order valence-electron chi connectivity index (χ1n) is 6.79. The molecule has 0 spiro atoms. The molecule has 0 bridgehead atoms. The summed E-state index contributed by atoms with van der Waals surface area (Å²) in [5.74, 6) is 1.48. The molecule has 104 valence electrons. The smallest absolute Gasteiger partial charge is 0.152 e. The van der Waals surface area contributed by atoms with Gasteiger partial charge in [-0.05, 0) is 36.8 Å². The first-order chi connectivity index (χ1) is 9.72. The number of hydrogen-bond donors (Lipinski definition) is 1. The summed E-state index contributed by atoms with van der Waals surface area (Å²) < 4.78 is 1.87. The summed E-state index contributed by atoms with van der Waals surface area (Å²) in [6.07, 6.45) is 4.76. The quantitative estimate of drug-likeness (QED) is 0.781. The van der Waals surface area contributed by atoms with E-state index in [1.165, 1.54) is 4.88 Å². The molecule has 4 nitrogen and oxygen atoms in total. The first-order valence-corrected chi connectivity index (χ1v) is 7.67. The normalized spacial score (nSPS) is 12.7. The van der Waals surface area contributed by atoms with Crippen LogP contribution in [0.1, 0.15) is 17.5 Å². The van der Waals surface area contributed by atoms with Crippen molar-refractivity contribution in [3.8, 4) is 0 Å². The SMILES string of the molecule is Cc1cc2c(NCC(C)Cc3cccs3)nccn2n1. The Morgan fingerprint density at radius 2 is 2.35 bits per heavy atom. The van der Waals surface area contributed by atoms with Crippen molar-refractivity contribution >= 4 is 22.7 Å². The number of aryl methyl sites for hydroxylation is 1. The van der Waals surface area contributed by atoms with Crippen molar-refractivity contribution in [3.05, 3.63) is 46.5 Å². The Morgan fingerprint density at radius 1 is 1.45 bits per heavy atom. The Kier molecular flexibility index (Phi) is 3.69. The number of anilines is 1. The van der Waals surface area contributed by atoms with Crippen molar-refractivity contribution in [2.75, 3.05) is 11.9 Å². The number of hydrogen-bond acceptors (Lipinski definition) is 4. The molecule has 3 aromatic rings. The Balaban J connectivity index is 1.67. The van der Waals surface area contributed by atoms with E-state index in [0.29, 0.717) is 5.92 Å². The molecule has 0 aliphatic rings. The molecular formula is C15H18N4S. The molecule has 0 aliphatic heterocycles. The van der Waals surface area contributed by atoms with Gasteiger partial charge in [-0.25, -0.2) is 9.50 Å². The Morgan fingerprint density at radius 3 is 3.15 bits per heavy atom. The van der Waals surface area contributed by atoms with Gasteiger partial charge >= 0.3 is 0 Å². The monoisotopic (exact) mass is 286 g/mol. The molecule has 0 saturated carbocycles. The van der Waals surface area contributed by atoms with Crippen LogP contribution in [0.25, 0.3) is 5.52 Å². The van der Waals surface area contributed by atoms with Gasteiger partial charge in [-0.2, -0.15) is 5.10 Å². The maximum Gasteiger partial charge on any atom is 0.152 e. The van der Waals surface area contributed by atoms with Crippen molar-refractivity contribution in [1.29, 1.82) is 0 Å². The summed E-state index contributed by atoms with van der Waals surface area (Å²) in [7, 11) is 0. The highest BCUT2D eigenvalue weighted by atomic mass is 32.1. The number of rotatable bonds is 5. The third kappa shape index (κ3) is 2.82. The van der Waals surface area contributed by atoms with E-state index in [4.69, 9.17) is 0 Å². The lowest BCUT2D eigenvalue weighted by Crippen LogP contribution is -2.14. The predicted octanol–water partition coefficient (Wildman–Crippen LogP) is 3.39. The zero-order chi connectivity index (χ0) is 13.9. The van der Waals surface area contributed by atoms with Crippen molar-refractivity contribution in [3.63, 3.8) is 0 Å². The van der Waals surface area contributed by atoms with Gasteiger partial charge in [0.05, 0.1) is 5.69 Å². The molecule has 5 heteroatoms. The van der Waals surface area contributed by atoms with Crippen LogP contribution in [0.3, 0.4) is 0 Å². The van der Waals surface area contributed by atoms with Gasteiger partial charge in [-0.15, -0.1) is 11.3 Å². The number of aromatic nitrogens is 3. The van der Waals surface area contributed by atoms with Crippen molar-refractivity contribution in [2.45, 2.75) is 20.3 Å². The predicted molar refractivity (Wildman–Crippen MR) is 83.4 cm³/mol. The van der Waals surface area contributed by atoms with Gasteiger partial charge in [0, 0.05) is 23.8 Å². The van der Waals surface area contributed by atoms with Crippen molar-refractivity contribution in [2.24, 2.45) is 5.92 Å². The summed E-state index contributed by atoms with van der Waals surface area (Å²) >= 11 is 1.82. The van der Waals surface area contributed by atoms with Gasteiger partial charge in [0.25, 0.3) is 0 Å². The minimum Gasteiger partial charge on any atom is -0.368 e. The molecule has 0 saturated heterocycles. The lowest BCUT2D eigenvalue weighted by molar-refractivity contribution is 0.617. The number of fused-ring (bicyclic) bond motifs is 1. The lowest BCUT2D eigenvalue weighted by Gasteiger charge is -2.12. The Labute approximate surface area is 122 Å². The van der Waals surface area contributed by atoms with Gasteiger partial charge < -0.3 is 5.32 Å². The molecule has 3 rings (SSSR count). The van der Waals surface area contributed by atoms with E-state index >= 15 is 0 Å². The van der Waals surface area contributed by atoms with E-state index in [1.54, 1.807) is 6.20 Å². The molecule has 0 aromatic carbocycles. The van der Waals surface area contributed by atoms with Crippen LogP contribution in [0, 0.1) is 12.8 Å². The second kappa shape index (κ2) is 5.63. The zero-order valence-electron chi connectivity index (χ0n) is 11.7. The highest BCUT2D eigenvalue weighted by Crippen LogP contribution is 2.17. The van der Waals surface area contributed by atoms with E-state index < -0.39 is 0 Å². The molecule has 0 amide bonds. The second-order valence-electron chi connectivity index (χ2n) is 5.16. The van der Waals surface area contributed by atoms with Crippen LogP contribution in [-0.4, -0.2) is 21.1 Å². The molecule has 3 heterocycles. The topological polar surface area (TPSA) is 42.2 Å². The van der Waals surface area contributed by atoms with E-state index in [-0.39, 0.29) is 0 Å². The number of nitrogens with zero attached hydrogens (tertiary/aromatic N) is 3. The van der Waals surface area contributed by atoms with Crippen LogP contribution in [0.4, 0.5) is 5.82 Å². The Bertz CT molecular complexity index is 687. The van der Waals surface area contributed by atoms with Gasteiger partial charge in [-0.3, -0.25) is 0 Å². The average molecular weight is 286 g/mol. The highest BCUT2D eigenvalue weighted by Gasteiger charge is 2.08. The van der Waals surface area contributed by atoms with E-state index in [2.05, 4.69) is 45.9 Å². The third-order valence-electron chi connectivity index (χ3n) is 3.26. The molecule has 0 fully saturated rings. The molecule has 1 unspecified atom stereocenters. The van der Waals surface area contributed by atoms with Gasteiger partial charge in [0.15, 0.2) is 5.82 Å². The minimum atomic E-state index is 0.569. The standard InChI is InChI=1S/C15H18N4S/c1-11(8-13-4-3-7-20-13)10-17-15-14-9-12(2)18-19(14)6-5-16-15/h3-7,9,11H,8,10H2,1-2H3,(H,16,17). The summed E-state index contributed by atoms with van der Waals surface area (Å²) in [6.45, 7) is 5.17. The van der Waals surface area contributed by atoms with Crippen LogP contribution in [0.5, 0.6) is 0 Å². The maximum atomic E-state index is 4.42. The van der Waals surface area contributed by atoms with Crippen molar-refractivity contribution < 1.29 is 0 Å². The number of thiophene rings is 1.